The van der Waals surface area contributed by atoms with Crippen LogP contribution in [-0.2, 0) is 6.54 Å². The third kappa shape index (κ3) is 4.57. The number of guanidine groups is 1. The van der Waals surface area contributed by atoms with Gasteiger partial charge in [-0.15, -0.1) is 24.0 Å². The summed E-state index contributed by atoms with van der Waals surface area (Å²) in [7, 11) is 5.61. The summed E-state index contributed by atoms with van der Waals surface area (Å²) in [6.45, 7) is 0.786. The molecule has 0 bridgehead atoms. The second kappa shape index (κ2) is 7.73. The molecule has 0 saturated carbocycles. The number of aliphatic imine (C=N–C) groups is 1. The zero-order chi connectivity index (χ0) is 11.3. The van der Waals surface area contributed by atoms with Gasteiger partial charge in [0.2, 0.25) is 0 Å². The average molecular weight is 354 g/mol. The molecule has 0 atom stereocenters. The first-order valence-corrected chi connectivity index (χ1v) is 5.15. The highest BCUT2D eigenvalue weighted by molar-refractivity contribution is 14.0. The predicted molar refractivity (Wildman–Crippen MR) is 80.8 cm³/mol. The van der Waals surface area contributed by atoms with Gasteiger partial charge in [0.15, 0.2) is 5.96 Å². The average Bonchev–Trinajstić information content (AvgIpc) is 2.19. The Labute approximate surface area is 119 Å². The van der Waals surface area contributed by atoms with Crippen LogP contribution in [0.15, 0.2) is 29.3 Å². The van der Waals surface area contributed by atoms with Crippen molar-refractivity contribution in [1.29, 1.82) is 0 Å². The van der Waals surface area contributed by atoms with Crippen molar-refractivity contribution >= 4 is 41.5 Å². The second-order valence-electron chi connectivity index (χ2n) is 3.28. The molecule has 1 N–H and O–H groups in total. The van der Waals surface area contributed by atoms with Crippen molar-refractivity contribution in [2.24, 2.45) is 4.99 Å². The number of rotatable bonds is 2. The largest absolute Gasteiger partial charge is 0.359 e. The van der Waals surface area contributed by atoms with Crippen molar-refractivity contribution in [2.75, 3.05) is 21.1 Å². The molecule has 0 aliphatic heterocycles. The van der Waals surface area contributed by atoms with E-state index in [1.165, 1.54) is 5.56 Å². The van der Waals surface area contributed by atoms with Crippen LogP contribution in [0, 0.1) is 0 Å². The summed E-state index contributed by atoms with van der Waals surface area (Å²) in [5, 5.41) is 3.79. The van der Waals surface area contributed by atoms with Gasteiger partial charge in [-0.1, -0.05) is 23.7 Å². The highest BCUT2D eigenvalue weighted by Gasteiger charge is 2.04. The first-order chi connectivity index (χ1) is 7.17. The van der Waals surface area contributed by atoms with Gasteiger partial charge in [-0.05, 0) is 17.7 Å². The van der Waals surface area contributed by atoms with Crippen molar-refractivity contribution in [3.63, 3.8) is 0 Å². The highest BCUT2D eigenvalue weighted by atomic mass is 127. The van der Waals surface area contributed by atoms with E-state index < -0.39 is 0 Å². The molecule has 1 aromatic carbocycles. The fourth-order valence-electron chi connectivity index (χ4n) is 1.46. The van der Waals surface area contributed by atoms with E-state index in [-0.39, 0.29) is 24.0 Å². The minimum absolute atomic E-state index is 0. The minimum Gasteiger partial charge on any atom is -0.359 e. The molecular formula is C11H17ClIN3. The van der Waals surface area contributed by atoms with E-state index in [1.807, 2.05) is 43.3 Å². The van der Waals surface area contributed by atoms with Crippen LogP contribution in [0.2, 0.25) is 5.02 Å². The molecule has 90 valence electrons. The van der Waals surface area contributed by atoms with Crippen molar-refractivity contribution in [3.8, 4) is 0 Å². The zero-order valence-corrected chi connectivity index (χ0v) is 12.8. The molecular weight excluding hydrogens is 336 g/mol. The Morgan fingerprint density at radius 3 is 2.69 bits per heavy atom. The molecule has 5 heteroatoms. The van der Waals surface area contributed by atoms with Crippen LogP contribution in [0.5, 0.6) is 0 Å². The quantitative estimate of drug-likeness (QED) is 0.503. The number of hydrogen-bond donors (Lipinski definition) is 1. The third-order valence-corrected chi connectivity index (χ3v) is 2.34. The number of nitrogens with zero attached hydrogens (tertiary/aromatic N) is 2. The molecule has 3 nitrogen and oxygen atoms in total. The van der Waals surface area contributed by atoms with Crippen molar-refractivity contribution < 1.29 is 0 Å². The summed E-state index contributed by atoms with van der Waals surface area (Å²) in [6.07, 6.45) is 0. The number of halogens is 2. The lowest BCUT2D eigenvalue weighted by Gasteiger charge is -2.20. The maximum atomic E-state index is 5.91. The second-order valence-corrected chi connectivity index (χ2v) is 3.72. The summed E-state index contributed by atoms with van der Waals surface area (Å²) in [4.78, 5) is 6.16. The van der Waals surface area contributed by atoms with E-state index in [0.29, 0.717) is 0 Å². The van der Waals surface area contributed by atoms with Crippen LogP contribution in [0.4, 0.5) is 0 Å². The molecule has 0 radical (unpaired) electrons. The minimum atomic E-state index is 0. The molecule has 0 amide bonds. The molecule has 1 rings (SSSR count). The molecule has 0 aromatic heterocycles. The first-order valence-electron chi connectivity index (χ1n) is 4.77. The monoisotopic (exact) mass is 353 g/mol. The van der Waals surface area contributed by atoms with E-state index in [0.717, 1.165) is 17.5 Å². The van der Waals surface area contributed by atoms with Gasteiger partial charge in [0.05, 0.1) is 0 Å². The van der Waals surface area contributed by atoms with Gasteiger partial charge in [0.25, 0.3) is 0 Å². The van der Waals surface area contributed by atoms with Gasteiger partial charge in [-0.25, -0.2) is 0 Å². The van der Waals surface area contributed by atoms with Gasteiger partial charge in [0.1, 0.15) is 0 Å². The topological polar surface area (TPSA) is 27.6 Å². The van der Waals surface area contributed by atoms with Crippen molar-refractivity contribution in [2.45, 2.75) is 6.54 Å². The Morgan fingerprint density at radius 2 is 2.19 bits per heavy atom. The van der Waals surface area contributed by atoms with Gasteiger partial charge < -0.3 is 10.2 Å². The highest BCUT2D eigenvalue weighted by Crippen LogP contribution is 2.11. The lowest BCUT2D eigenvalue weighted by Crippen LogP contribution is -2.36. The van der Waals surface area contributed by atoms with Gasteiger partial charge in [-0.3, -0.25) is 4.99 Å². The van der Waals surface area contributed by atoms with Gasteiger partial charge in [-0.2, -0.15) is 0 Å². The number of benzene rings is 1. The van der Waals surface area contributed by atoms with Gasteiger partial charge in [0, 0.05) is 32.7 Å². The smallest absolute Gasteiger partial charge is 0.193 e. The van der Waals surface area contributed by atoms with Crippen molar-refractivity contribution in [1.82, 2.24) is 10.2 Å². The van der Waals surface area contributed by atoms with Crippen LogP contribution in [-0.4, -0.2) is 32.0 Å². The molecule has 16 heavy (non-hydrogen) atoms. The molecule has 0 fully saturated rings. The molecule has 0 aliphatic rings. The standard InChI is InChI=1S/C11H16ClN3.HI/c1-13-11(14-2)15(3)8-9-5-4-6-10(12)7-9;/h4-7H,8H2,1-3H3,(H,13,14);1H. The Balaban J connectivity index is 0.00000225. The SMILES string of the molecule is CN=C(NC)N(C)Cc1cccc(Cl)c1.I. The predicted octanol–water partition coefficient (Wildman–Crippen LogP) is 2.60. The van der Waals surface area contributed by atoms with Crippen molar-refractivity contribution in [3.05, 3.63) is 34.9 Å². The van der Waals surface area contributed by atoms with Crippen LogP contribution in [0.25, 0.3) is 0 Å². The summed E-state index contributed by atoms with van der Waals surface area (Å²) >= 11 is 5.91. The Hall–Kier alpha value is -0.490. The number of nitrogens with one attached hydrogen (secondary N) is 1. The first kappa shape index (κ1) is 15.5. The summed E-state index contributed by atoms with van der Waals surface area (Å²) < 4.78 is 0. The van der Waals surface area contributed by atoms with Gasteiger partial charge >= 0.3 is 0 Å². The fraction of sp³-hybridized carbons (Fsp3) is 0.364. The van der Waals surface area contributed by atoms with Crippen LogP contribution in [0.3, 0.4) is 0 Å². The summed E-state index contributed by atoms with van der Waals surface area (Å²) in [5.41, 5.74) is 1.17. The van der Waals surface area contributed by atoms with Crippen LogP contribution in [0.1, 0.15) is 5.56 Å². The Kier molecular flexibility index (Phi) is 7.49. The lowest BCUT2D eigenvalue weighted by atomic mass is 10.2. The Morgan fingerprint density at radius 1 is 1.50 bits per heavy atom. The van der Waals surface area contributed by atoms with Crippen LogP contribution >= 0.6 is 35.6 Å². The molecule has 0 saturated heterocycles. The summed E-state index contributed by atoms with van der Waals surface area (Å²) in [5.74, 6) is 0.856. The lowest BCUT2D eigenvalue weighted by molar-refractivity contribution is 0.483. The fourth-order valence-corrected chi connectivity index (χ4v) is 1.67. The van der Waals surface area contributed by atoms with E-state index in [2.05, 4.69) is 10.3 Å². The van der Waals surface area contributed by atoms with Crippen LogP contribution < -0.4 is 5.32 Å². The van der Waals surface area contributed by atoms with E-state index in [1.54, 1.807) is 7.05 Å². The molecule has 0 aliphatic carbocycles. The van der Waals surface area contributed by atoms with E-state index in [9.17, 15) is 0 Å². The van der Waals surface area contributed by atoms with E-state index >= 15 is 0 Å². The number of hydrogen-bond acceptors (Lipinski definition) is 1. The molecule has 0 unspecified atom stereocenters. The maximum Gasteiger partial charge on any atom is 0.193 e. The Bertz CT molecular complexity index is 355. The normalized spacial score (nSPS) is 10.6. The maximum absolute atomic E-state index is 5.91. The van der Waals surface area contributed by atoms with E-state index in [4.69, 9.17) is 11.6 Å². The third-order valence-electron chi connectivity index (χ3n) is 2.11. The summed E-state index contributed by atoms with van der Waals surface area (Å²) in [6, 6.07) is 7.83. The zero-order valence-electron chi connectivity index (χ0n) is 9.70. The molecule has 0 heterocycles. The molecule has 1 aromatic rings. The molecule has 0 spiro atoms.